The van der Waals surface area contributed by atoms with Crippen LogP contribution in [0.1, 0.15) is 28.6 Å². The molecule has 2 rings (SSSR count). The fourth-order valence-corrected chi connectivity index (χ4v) is 2.54. The number of aryl methyl sites for hydroxylation is 1. The van der Waals surface area contributed by atoms with Crippen molar-refractivity contribution in [3.8, 4) is 0 Å². The molecule has 2 aromatic rings. The van der Waals surface area contributed by atoms with Crippen molar-refractivity contribution in [3.05, 3.63) is 34.7 Å². The lowest BCUT2D eigenvalue weighted by molar-refractivity contribution is 0.112. The monoisotopic (exact) mass is 204 g/mol. The number of rotatable bonds is 3. The normalized spacial score (nSPS) is 10.6. The Morgan fingerprint density at radius 1 is 1.36 bits per heavy atom. The van der Waals surface area contributed by atoms with Gasteiger partial charge in [-0.2, -0.15) is 0 Å². The topological polar surface area (TPSA) is 17.1 Å². The van der Waals surface area contributed by atoms with Crippen LogP contribution >= 0.6 is 11.3 Å². The molecule has 1 aromatic heterocycles. The van der Waals surface area contributed by atoms with Crippen molar-refractivity contribution < 1.29 is 4.79 Å². The zero-order valence-electron chi connectivity index (χ0n) is 8.12. The smallest absolute Gasteiger partial charge is 0.160 e. The number of benzene rings is 1. The number of hydrogen-bond donors (Lipinski definition) is 0. The SMILES string of the molecule is CCCc1ccc2cc(C=O)sc2c1. The van der Waals surface area contributed by atoms with Crippen LogP contribution in [0.2, 0.25) is 0 Å². The predicted octanol–water partition coefficient (Wildman–Crippen LogP) is 3.67. The Balaban J connectivity index is 2.48. The maximum atomic E-state index is 10.6. The average Bonchev–Trinajstić information content (AvgIpc) is 2.60. The molecule has 0 saturated carbocycles. The molecular weight excluding hydrogens is 192 g/mol. The van der Waals surface area contributed by atoms with E-state index in [1.807, 2.05) is 6.07 Å². The van der Waals surface area contributed by atoms with Crippen LogP contribution in [0.25, 0.3) is 10.1 Å². The Hall–Kier alpha value is -1.15. The summed E-state index contributed by atoms with van der Waals surface area (Å²) in [5, 5.41) is 1.18. The third-order valence-corrected chi connectivity index (χ3v) is 3.28. The number of thiophene rings is 1. The summed E-state index contributed by atoms with van der Waals surface area (Å²) in [5.41, 5.74) is 1.36. The van der Waals surface area contributed by atoms with Gasteiger partial charge in [-0.15, -0.1) is 11.3 Å². The zero-order chi connectivity index (χ0) is 9.97. The van der Waals surface area contributed by atoms with Crippen molar-refractivity contribution in [3.63, 3.8) is 0 Å². The van der Waals surface area contributed by atoms with Gasteiger partial charge in [-0.3, -0.25) is 4.79 Å². The van der Waals surface area contributed by atoms with E-state index in [1.54, 1.807) is 11.3 Å². The molecule has 1 heterocycles. The first-order valence-electron chi connectivity index (χ1n) is 4.81. The van der Waals surface area contributed by atoms with Crippen LogP contribution in [-0.2, 0) is 6.42 Å². The minimum atomic E-state index is 0.814. The third-order valence-electron chi connectivity index (χ3n) is 2.26. The summed E-state index contributed by atoms with van der Waals surface area (Å²) in [6.45, 7) is 2.18. The van der Waals surface area contributed by atoms with Crippen LogP contribution < -0.4 is 0 Å². The van der Waals surface area contributed by atoms with E-state index in [2.05, 4.69) is 25.1 Å². The van der Waals surface area contributed by atoms with Crippen LogP contribution in [0.4, 0.5) is 0 Å². The van der Waals surface area contributed by atoms with Crippen LogP contribution in [-0.4, -0.2) is 6.29 Å². The highest BCUT2D eigenvalue weighted by Gasteiger charge is 2.01. The van der Waals surface area contributed by atoms with Crippen molar-refractivity contribution in [1.82, 2.24) is 0 Å². The van der Waals surface area contributed by atoms with E-state index in [9.17, 15) is 4.79 Å². The van der Waals surface area contributed by atoms with Gasteiger partial charge in [0.2, 0.25) is 0 Å². The van der Waals surface area contributed by atoms with Crippen molar-refractivity contribution in [1.29, 1.82) is 0 Å². The van der Waals surface area contributed by atoms with Crippen molar-refractivity contribution >= 4 is 27.7 Å². The van der Waals surface area contributed by atoms with Crippen molar-refractivity contribution in [2.24, 2.45) is 0 Å². The molecule has 0 fully saturated rings. The van der Waals surface area contributed by atoms with E-state index in [0.29, 0.717) is 0 Å². The number of fused-ring (bicyclic) bond motifs is 1. The lowest BCUT2D eigenvalue weighted by Crippen LogP contribution is -1.80. The number of carbonyl (C=O) groups excluding carboxylic acids is 1. The van der Waals surface area contributed by atoms with Crippen molar-refractivity contribution in [2.45, 2.75) is 19.8 Å². The molecule has 1 aromatic carbocycles. The van der Waals surface area contributed by atoms with Crippen LogP contribution in [0.5, 0.6) is 0 Å². The number of aldehydes is 1. The second kappa shape index (κ2) is 3.93. The zero-order valence-corrected chi connectivity index (χ0v) is 8.93. The molecule has 0 N–H and O–H groups in total. The lowest BCUT2D eigenvalue weighted by Gasteiger charge is -1.97. The molecule has 0 aliphatic rings. The van der Waals surface area contributed by atoms with Gasteiger partial charge in [0.15, 0.2) is 6.29 Å². The number of carbonyl (C=O) groups is 1. The molecule has 0 amide bonds. The highest BCUT2D eigenvalue weighted by molar-refractivity contribution is 7.20. The molecule has 0 bridgehead atoms. The summed E-state index contributed by atoms with van der Waals surface area (Å²) in [4.78, 5) is 11.4. The predicted molar refractivity (Wildman–Crippen MR) is 61.2 cm³/mol. The van der Waals surface area contributed by atoms with Gasteiger partial charge in [0, 0.05) is 4.70 Å². The molecule has 0 aliphatic heterocycles. The molecule has 0 atom stereocenters. The standard InChI is InChI=1S/C12H12OS/c1-2-3-9-4-5-10-7-11(8-13)14-12(10)6-9/h4-8H,2-3H2,1H3. The van der Waals surface area contributed by atoms with E-state index in [4.69, 9.17) is 0 Å². The Morgan fingerprint density at radius 2 is 2.21 bits per heavy atom. The van der Waals surface area contributed by atoms with Gasteiger partial charge < -0.3 is 0 Å². The molecule has 2 heteroatoms. The molecule has 0 aliphatic carbocycles. The summed E-state index contributed by atoms with van der Waals surface area (Å²) >= 11 is 1.57. The van der Waals surface area contributed by atoms with Crippen molar-refractivity contribution in [2.75, 3.05) is 0 Å². The Morgan fingerprint density at radius 3 is 2.93 bits per heavy atom. The van der Waals surface area contributed by atoms with Gasteiger partial charge in [0.05, 0.1) is 4.88 Å². The molecule has 0 saturated heterocycles. The molecular formula is C12H12OS. The van der Waals surface area contributed by atoms with Gasteiger partial charge >= 0.3 is 0 Å². The second-order valence-corrected chi connectivity index (χ2v) is 4.50. The summed E-state index contributed by atoms with van der Waals surface area (Å²) in [5.74, 6) is 0. The Labute approximate surface area is 87.4 Å². The van der Waals surface area contributed by atoms with Gasteiger partial charge in [0.1, 0.15) is 0 Å². The highest BCUT2D eigenvalue weighted by Crippen LogP contribution is 2.25. The van der Waals surface area contributed by atoms with E-state index in [0.717, 1.165) is 24.0 Å². The lowest BCUT2D eigenvalue weighted by atomic mass is 10.1. The van der Waals surface area contributed by atoms with E-state index >= 15 is 0 Å². The molecule has 0 spiro atoms. The molecule has 1 nitrogen and oxygen atoms in total. The van der Waals surface area contributed by atoms with E-state index in [-0.39, 0.29) is 0 Å². The van der Waals surface area contributed by atoms with Gasteiger partial charge in [-0.1, -0.05) is 25.5 Å². The molecule has 0 radical (unpaired) electrons. The average molecular weight is 204 g/mol. The maximum Gasteiger partial charge on any atom is 0.160 e. The summed E-state index contributed by atoms with van der Waals surface area (Å²) in [7, 11) is 0. The van der Waals surface area contributed by atoms with Gasteiger partial charge in [-0.05, 0) is 29.5 Å². The molecule has 0 unspecified atom stereocenters. The van der Waals surface area contributed by atoms with Crippen LogP contribution in [0.15, 0.2) is 24.3 Å². The fourth-order valence-electron chi connectivity index (χ4n) is 1.60. The molecule has 72 valence electrons. The fraction of sp³-hybridized carbons (Fsp3) is 0.250. The largest absolute Gasteiger partial charge is 0.297 e. The van der Waals surface area contributed by atoms with E-state index in [1.165, 1.54) is 15.6 Å². The van der Waals surface area contributed by atoms with Gasteiger partial charge in [-0.25, -0.2) is 0 Å². The summed E-state index contributed by atoms with van der Waals surface area (Å²) < 4.78 is 1.22. The molecule has 14 heavy (non-hydrogen) atoms. The summed E-state index contributed by atoms with van der Waals surface area (Å²) in [6.07, 6.45) is 3.20. The van der Waals surface area contributed by atoms with Crippen LogP contribution in [0, 0.1) is 0 Å². The minimum absolute atomic E-state index is 0.814. The Bertz CT molecular complexity index is 456. The quantitative estimate of drug-likeness (QED) is 0.697. The first-order chi connectivity index (χ1) is 6.83. The number of hydrogen-bond acceptors (Lipinski definition) is 2. The second-order valence-electron chi connectivity index (χ2n) is 3.39. The third kappa shape index (κ3) is 1.70. The Kier molecular flexibility index (Phi) is 2.64. The summed E-state index contributed by atoms with van der Waals surface area (Å²) in [6, 6.07) is 8.39. The van der Waals surface area contributed by atoms with Crippen LogP contribution in [0.3, 0.4) is 0 Å². The first kappa shape index (κ1) is 9.41. The maximum absolute atomic E-state index is 10.6. The van der Waals surface area contributed by atoms with Gasteiger partial charge in [0.25, 0.3) is 0 Å². The first-order valence-corrected chi connectivity index (χ1v) is 5.63. The highest BCUT2D eigenvalue weighted by atomic mass is 32.1. The van der Waals surface area contributed by atoms with E-state index < -0.39 is 0 Å². The minimum Gasteiger partial charge on any atom is -0.297 e.